The van der Waals surface area contributed by atoms with Gasteiger partial charge in [0.2, 0.25) is 5.91 Å². The third kappa shape index (κ3) is 4.12. The lowest BCUT2D eigenvalue weighted by atomic mass is 10.2. The molecule has 0 aliphatic carbocycles. The Bertz CT molecular complexity index is 348. The zero-order chi connectivity index (χ0) is 12.0. The minimum Gasteiger partial charge on any atom is -0.480 e. The van der Waals surface area contributed by atoms with Crippen LogP contribution in [0.25, 0.3) is 0 Å². The van der Waals surface area contributed by atoms with E-state index in [9.17, 15) is 9.59 Å². The van der Waals surface area contributed by atoms with Gasteiger partial charge in [-0.2, -0.15) is 5.10 Å². The number of hydrogen-bond donors (Lipinski definition) is 2. The molecule has 1 aromatic rings. The van der Waals surface area contributed by atoms with E-state index < -0.39 is 12.0 Å². The molecule has 0 aliphatic heterocycles. The third-order valence-electron chi connectivity index (χ3n) is 2.10. The maximum absolute atomic E-state index is 11.3. The summed E-state index contributed by atoms with van der Waals surface area (Å²) in [5.41, 5.74) is 0. The monoisotopic (exact) mass is 225 g/mol. The number of carboxylic acid groups (broad SMARTS) is 1. The van der Waals surface area contributed by atoms with Crippen LogP contribution in [0.3, 0.4) is 0 Å². The van der Waals surface area contributed by atoms with Crippen molar-refractivity contribution >= 4 is 11.9 Å². The quantitative estimate of drug-likeness (QED) is 0.727. The number of aliphatic carboxylic acids is 1. The van der Waals surface area contributed by atoms with Crippen molar-refractivity contribution in [3.63, 3.8) is 0 Å². The summed E-state index contributed by atoms with van der Waals surface area (Å²) < 4.78 is 1.73. The van der Waals surface area contributed by atoms with Crippen LogP contribution in [0.5, 0.6) is 0 Å². The summed E-state index contributed by atoms with van der Waals surface area (Å²) in [5, 5.41) is 15.0. The van der Waals surface area contributed by atoms with Gasteiger partial charge in [-0.25, -0.2) is 0 Å². The Balaban J connectivity index is 2.18. The minimum absolute atomic E-state index is 0.248. The van der Waals surface area contributed by atoms with Gasteiger partial charge in [-0.1, -0.05) is 0 Å². The van der Waals surface area contributed by atoms with Gasteiger partial charge in [-0.3, -0.25) is 14.3 Å². The Morgan fingerprint density at radius 1 is 1.56 bits per heavy atom. The molecule has 0 bridgehead atoms. The molecule has 88 valence electrons. The third-order valence-corrected chi connectivity index (χ3v) is 2.10. The van der Waals surface area contributed by atoms with E-state index in [-0.39, 0.29) is 5.91 Å². The number of carboxylic acids is 1. The fourth-order valence-corrected chi connectivity index (χ4v) is 1.21. The number of rotatable bonds is 6. The van der Waals surface area contributed by atoms with E-state index in [0.717, 1.165) is 0 Å². The fourth-order valence-electron chi connectivity index (χ4n) is 1.21. The maximum atomic E-state index is 11.3. The van der Waals surface area contributed by atoms with Gasteiger partial charge in [-0.15, -0.1) is 0 Å². The average Bonchev–Trinajstić information content (AvgIpc) is 2.70. The largest absolute Gasteiger partial charge is 0.480 e. The predicted molar refractivity (Wildman–Crippen MR) is 56.7 cm³/mol. The maximum Gasteiger partial charge on any atom is 0.325 e. The van der Waals surface area contributed by atoms with Crippen LogP contribution in [0.4, 0.5) is 0 Å². The first-order chi connectivity index (χ1) is 7.59. The Hall–Kier alpha value is -1.85. The topological polar surface area (TPSA) is 84.2 Å². The van der Waals surface area contributed by atoms with Crippen molar-refractivity contribution in [2.45, 2.75) is 32.4 Å². The molecule has 0 aliphatic rings. The highest BCUT2D eigenvalue weighted by Gasteiger charge is 2.13. The zero-order valence-electron chi connectivity index (χ0n) is 9.09. The summed E-state index contributed by atoms with van der Waals surface area (Å²) in [6.45, 7) is 2.09. The number of aryl methyl sites for hydroxylation is 1. The molecule has 0 unspecified atom stereocenters. The first kappa shape index (κ1) is 12.2. The van der Waals surface area contributed by atoms with Gasteiger partial charge < -0.3 is 10.4 Å². The molecule has 6 nitrogen and oxygen atoms in total. The average molecular weight is 225 g/mol. The molecule has 1 rings (SSSR count). The van der Waals surface area contributed by atoms with E-state index in [1.807, 2.05) is 12.3 Å². The molecule has 1 atom stereocenters. The molecular weight excluding hydrogens is 210 g/mol. The Kier molecular flexibility index (Phi) is 4.50. The van der Waals surface area contributed by atoms with Crippen LogP contribution < -0.4 is 5.32 Å². The highest BCUT2D eigenvalue weighted by molar-refractivity contribution is 5.83. The van der Waals surface area contributed by atoms with E-state index >= 15 is 0 Å². The summed E-state index contributed by atoms with van der Waals surface area (Å²) in [7, 11) is 0. The first-order valence-corrected chi connectivity index (χ1v) is 5.09. The van der Waals surface area contributed by atoms with E-state index in [2.05, 4.69) is 10.4 Å². The first-order valence-electron chi connectivity index (χ1n) is 5.09. The van der Waals surface area contributed by atoms with E-state index in [1.165, 1.54) is 6.92 Å². The van der Waals surface area contributed by atoms with E-state index in [4.69, 9.17) is 5.11 Å². The molecule has 1 amide bonds. The van der Waals surface area contributed by atoms with Gasteiger partial charge >= 0.3 is 5.97 Å². The van der Waals surface area contributed by atoms with Crippen molar-refractivity contribution < 1.29 is 14.7 Å². The smallest absolute Gasteiger partial charge is 0.325 e. The number of nitrogens with zero attached hydrogens (tertiary/aromatic N) is 2. The second-order valence-corrected chi connectivity index (χ2v) is 3.50. The molecule has 0 saturated carbocycles. The fraction of sp³-hybridized carbons (Fsp3) is 0.500. The van der Waals surface area contributed by atoms with E-state index in [0.29, 0.717) is 19.4 Å². The molecule has 2 N–H and O–H groups in total. The number of amides is 1. The molecule has 16 heavy (non-hydrogen) atoms. The van der Waals surface area contributed by atoms with Crippen LogP contribution >= 0.6 is 0 Å². The molecule has 0 fully saturated rings. The van der Waals surface area contributed by atoms with Crippen LogP contribution in [0.15, 0.2) is 18.5 Å². The number of nitrogens with one attached hydrogen (secondary N) is 1. The highest BCUT2D eigenvalue weighted by Crippen LogP contribution is 1.95. The van der Waals surface area contributed by atoms with Crippen LogP contribution in [-0.2, 0) is 16.1 Å². The van der Waals surface area contributed by atoms with Crippen molar-refractivity contribution in [1.82, 2.24) is 15.1 Å². The Labute approximate surface area is 93.3 Å². The second-order valence-electron chi connectivity index (χ2n) is 3.50. The molecule has 0 saturated heterocycles. The van der Waals surface area contributed by atoms with Gasteiger partial charge in [0.25, 0.3) is 0 Å². The summed E-state index contributed by atoms with van der Waals surface area (Å²) >= 11 is 0. The summed E-state index contributed by atoms with van der Waals surface area (Å²) in [4.78, 5) is 21.7. The standard InChI is InChI=1S/C10H15N3O3/c1-8(10(15)16)12-9(14)4-2-6-13-7-3-5-11-13/h3,5,7-8H,2,4,6H2,1H3,(H,12,14)(H,15,16)/t8-/m0/s1. The summed E-state index contributed by atoms with van der Waals surface area (Å²) in [5.74, 6) is -1.28. The Morgan fingerprint density at radius 3 is 2.88 bits per heavy atom. The van der Waals surface area contributed by atoms with E-state index in [1.54, 1.807) is 10.9 Å². The number of hydrogen-bond acceptors (Lipinski definition) is 3. The van der Waals surface area contributed by atoms with Crippen molar-refractivity contribution in [2.75, 3.05) is 0 Å². The summed E-state index contributed by atoms with van der Waals surface area (Å²) in [6.07, 6.45) is 4.43. The van der Waals surface area contributed by atoms with Crippen LogP contribution in [0, 0.1) is 0 Å². The summed E-state index contributed by atoms with van der Waals surface area (Å²) in [6, 6.07) is 0.976. The van der Waals surface area contributed by atoms with Crippen LogP contribution in [-0.4, -0.2) is 32.8 Å². The lowest BCUT2D eigenvalue weighted by Gasteiger charge is -2.08. The van der Waals surface area contributed by atoms with Gasteiger partial charge in [0.05, 0.1) is 0 Å². The molecule has 6 heteroatoms. The number of carbonyl (C=O) groups excluding carboxylic acids is 1. The molecule has 1 aromatic heterocycles. The highest BCUT2D eigenvalue weighted by atomic mass is 16.4. The Morgan fingerprint density at radius 2 is 2.31 bits per heavy atom. The molecule has 0 aromatic carbocycles. The molecule has 1 heterocycles. The lowest BCUT2D eigenvalue weighted by Crippen LogP contribution is -2.38. The van der Waals surface area contributed by atoms with Crippen molar-refractivity contribution in [3.8, 4) is 0 Å². The lowest BCUT2D eigenvalue weighted by molar-refractivity contribution is -0.141. The zero-order valence-corrected chi connectivity index (χ0v) is 9.09. The van der Waals surface area contributed by atoms with Crippen LogP contribution in [0.1, 0.15) is 19.8 Å². The minimum atomic E-state index is -1.03. The van der Waals surface area contributed by atoms with Crippen molar-refractivity contribution in [3.05, 3.63) is 18.5 Å². The van der Waals surface area contributed by atoms with Crippen LogP contribution in [0.2, 0.25) is 0 Å². The second kappa shape index (κ2) is 5.89. The van der Waals surface area contributed by atoms with Gasteiger partial charge in [0.1, 0.15) is 6.04 Å². The number of aromatic nitrogens is 2. The number of carbonyl (C=O) groups is 2. The molecular formula is C10H15N3O3. The predicted octanol–water partition coefficient (Wildman–Crippen LogP) is 0.253. The van der Waals surface area contributed by atoms with Gasteiger partial charge in [0.15, 0.2) is 0 Å². The normalized spacial score (nSPS) is 12.1. The molecule has 0 radical (unpaired) electrons. The van der Waals surface area contributed by atoms with Crippen molar-refractivity contribution in [2.24, 2.45) is 0 Å². The SMILES string of the molecule is C[C@H](NC(=O)CCCn1cccn1)C(=O)O. The van der Waals surface area contributed by atoms with Gasteiger partial charge in [0, 0.05) is 25.4 Å². The van der Waals surface area contributed by atoms with Gasteiger partial charge in [-0.05, 0) is 19.4 Å². The molecule has 0 spiro atoms. The van der Waals surface area contributed by atoms with Crippen molar-refractivity contribution in [1.29, 1.82) is 0 Å².